The molecular formula is C13H23NO3. The van der Waals surface area contributed by atoms with E-state index in [1.807, 2.05) is 0 Å². The van der Waals surface area contributed by atoms with Gasteiger partial charge in [0.05, 0.1) is 18.1 Å². The molecule has 1 saturated carbocycles. The Hall–Kier alpha value is -0.610. The van der Waals surface area contributed by atoms with Crippen molar-refractivity contribution in [3.63, 3.8) is 0 Å². The second kappa shape index (κ2) is 5.83. The lowest BCUT2D eigenvalue weighted by molar-refractivity contribution is -0.142. The van der Waals surface area contributed by atoms with Crippen molar-refractivity contribution in [3.8, 4) is 0 Å². The van der Waals surface area contributed by atoms with Crippen LogP contribution in [0.1, 0.15) is 45.4 Å². The van der Waals surface area contributed by atoms with Crippen molar-refractivity contribution in [3.05, 3.63) is 0 Å². The first kappa shape index (κ1) is 12.8. The highest BCUT2D eigenvalue weighted by molar-refractivity contribution is 5.70. The first-order chi connectivity index (χ1) is 8.15. The second-order valence-electron chi connectivity index (χ2n) is 5.44. The van der Waals surface area contributed by atoms with Gasteiger partial charge in [0.25, 0.3) is 0 Å². The monoisotopic (exact) mass is 241 g/mol. The summed E-state index contributed by atoms with van der Waals surface area (Å²) in [6, 6.07) is 0.491. The molecule has 0 spiro atoms. The third-order valence-electron chi connectivity index (χ3n) is 4.03. The molecule has 0 bridgehead atoms. The number of carbonyl (C=O) groups is 1. The van der Waals surface area contributed by atoms with Crippen LogP contribution in [0, 0.1) is 5.92 Å². The Bertz CT molecular complexity index is 261. The minimum Gasteiger partial charge on any atom is -0.481 e. The molecule has 0 aromatic carbocycles. The molecule has 0 aromatic heterocycles. The summed E-state index contributed by atoms with van der Waals surface area (Å²) in [5, 5.41) is 12.4. The number of hydrogen-bond acceptors (Lipinski definition) is 3. The van der Waals surface area contributed by atoms with E-state index in [-0.39, 0.29) is 5.92 Å². The van der Waals surface area contributed by atoms with Crippen molar-refractivity contribution in [1.29, 1.82) is 0 Å². The standard InChI is InChI=1S/C13H23NO3/c1-9-2-7-12(17-9)8-14-11-5-3-10(4-6-11)13(15)16/h9-12,14H,2-8H2,1H3,(H,15,16). The molecule has 2 fully saturated rings. The zero-order valence-electron chi connectivity index (χ0n) is 10.5. The zero-order valence-corrected chi connectivity index (χ0v) is 10.5. The predicted molar refractivity (Wildman–Crippen MR) is 65.0 cm³/mol. The van der Waals surface area contributed by atoms with Crippen LogP contribution < -0.4 is 5.32 Å². The number of hydrogen-bond donors (Lipinski definition) is 2. The molecule has 0 aromatic rings. The van der Waals surface area contributed by atoms with E-state index in [0.29, 0.717) is 18.2 Å². The summed E-state index contributed by atoms with van der Waals surface area (Å²) in [5.74, 6) is -0.743. The van der Waals surface area contributed by atoms with Crippen LogP contribution >= 0.6 is 0 Å². The SMILES string of the molecule is CC1CCC(CNC2CCC(C(=O)O)CC2)O1. The quantitative estimate of drug-likeness (QED) is 0.788. The third-order valence-corrected chi connectivity index (χ3v) is 4.03. The molecule has 98 valence electrons. The van der Waals surface area contributed by atoms with Gasteiger partial charge in [0.1, 0.15) is 0 Å². The van der Waals surface area contributed by atoms with Crippen molar-refractivity contribution in [2.75, 3.05) is 6.54 Å². The summed E-state index contributed by atoms with van der Waals surface area (Å²) in [6.45, 7) is 3.05. The Labute approximate surface area is 103 Å². The van der Waals surface area contributed by atoms with Crippen LogP contribution in [0.5, 0.6) is 0 Å². The fourth-order valence-electron chi connectivity index (χ4n) is 2.88. The van der Waals surface area contributed by atoms with Gasteiger partial charge in [0.2, 0.25) is 0 Å². The molecule has 2 atom stereocenters. The molecule has 1 saturated heterocycles. The van der Waals surface area contributed by atoms with E-state index in [1.54, 1.807) is 0 Å². The highest BCUT2D eigenvalue weighted by atomic mass is 16.5. The lowest BCUT2D eigenvalue weighted by atomic mass is 9.86. The predicted octanol–water partition coefficient (Wildman–Crippen LogP) is 1.79. The Morgan fingerprint density at radius 3 is 2.47 bits per heavy atom. The molecule has 2 unspecified atom stereocenters. The molecule has 2 aliphatic rings. The van der Waals surface area contributed by atoms with E-state index in [2.05, 4.69) is 12.2 Å². The van der Waals surface area contributed by atoms with Crippen LogP contribution in [0.4, 0.5) is 0 Å². The van der Waals surface area contributed by atoms with E-state index < -0.39 is 5.97 Å². The van der Waals surface area contributed by atoms with Gasteiger partial charge in [-0.1, -0.05) is 0 Å². The number of ether oxygens (including phenoxy) is 1. The van der Waals surface area contributed by atoms with Crippen LogP contribution in [0.15, 0.2) is 0 Å². The summed E-state index contributed by atoms with van der Waals surface area (Å²) < 4.78 is 5.76. The van der Waals surface area contributed by atoms with Crippen molar-refractivity contribution in [2.24, 2.45) is 5.92 Å². The molecule has 0 amide bonds. The average Bonchev–Trinajstić information content (AvgIpc) is 2.73. The van der Waals surface area contributed by atoms with E-state index in [4.69, 9.17) is 9.84 Å². The van der Waals surface area contributed by atoms with Gasteiger partial charge in [0, 0.05) is 12.6 Å². The molecule has 4 heteroatoms. The lowest BCUT2D eigenvalue weighted by Gasteiger charge is -2.27. The number of carboxylic acid groups (broad SMARTS) is 1. The van der Waals surface area contributed by atoms with Gasteiger partial charge in [-0.2, -0.15) is 0 Å². The number of nitrogens with one attached hydrogen (secondary N) is 1. The van der Waals surface area contributed by atoms with Crippen LogP contribution in [0.25, 0.3) is 0 Å². The maximum Gasteiger partial charge on any atom is 0.306 e. The van der Waals surface area contributed by atoms with Gasteiger partial charge in [-0.05, 0) is 45.4 Å². The molecular weight excluding hydrogens is 218 g/mol. The van der Waals surface area contributed by atoms with E-state index in [1.165, 1.54) is 0 Å². The van der Waals surface area contributed by atoms with Crippen LogP contribution in [-0.4, -0.2) is 35.9 Å². The van der Waals surface area contributed by atoms with Gasteiger partial charge in [-0.3, -0.25) is 4.79 Å². The van der Waals surface area contributed by atoms with Crippen molar-refractivity contribution in [1.82, 2.24) is 5.32 Å². The van der Waals surface area contributed by atoms with Gasteiger partial charge in [0.15, 0.2) is 0 Å². The summed E-state index contributed by atoms with van der Waals surface area (Å²) in [4.78, 5) is 10.8. The van der Waals surface area contributed by atoms with E-state index in [9.17, 15) is 4.79 Å². The normalized spacial score (nSPS) is 38.2. The summed E-state index contributed by atoms with van der Waals surface area (Å²) >= 11 is 0. The van der Waals surface area contributed by atoms with Crippen LogP contribution in [-0.2, 0) is 9.53 Å². The zero-order chi connectivity index (χ0) is 12.3. The van der Waals surface area contributed by atoms with Crippen molar-refractivity contribution >= 4 is 5.97 Å². The van der Waals surface area contributed by atoms with Crippen molar-refractivity contribution < 1.29 is 14.6 Å². The maximum absolute atomic E-state index is 10.8. The minimum absolute atomic E-state index is 0.115. The molecule has 4 nitrogen and oxygen atoms in total. The number of rotatable bonds is 4. The third kappa shape index (κ3) is 3.68. The van der Waals surface area contributed by atoms with Gasteiger partial charge in [-0.25, -0.2) is 0 Å². The smallest absolute Gasteiger partial charge is 0.306 e. The second-order valence-corrected chi connectivity index (χ2v) is 5.44. The van der Waals surface area contributed by atoms with E-state index >= 15 is 0 Å². The molecule has 1 aliphatic carbocycles. The van der Waals surface area contributed by atoms with Crippen LogP contribution in [0.2, 0.25) is 0 Å². The Balaban J connectivity index is 1.63. The van der Waals surface area contributed by atoms with Gasteiger partial charge in [-0.15, -0.1) is 0 Å². The van der Waals surface area contributed by atoms with Gasteiger partial charge >= 0.3 is 5.97 Å². The molecule has 2 rings (SSSR count). The fourth-order valence-corrected chi connectivity index (χ4v) is 2.88. The summed E-state index contributed by atoms with van der Waals surface area (Å²) in [7, 11) is 0. The van der Waals surface area contributed by atoms with Gasteiger partial charge < -0.3 is 15.2 Å². The van der Waals surface area contributed by atoms with E-state index in [0.717, 1.165) is 45.1 Å². The Kier molecular flexibility index (Phi) is 4.40. The topological polar surface area (TPSA) is 58.6 Å². The molecule has 1 aliphatic heterocycles. The average molecular weight is 241 g/mol. The summed E-state index contributed by atoms with van der Waals surface area (Å²) in [5.41, 5.74) is 0. The number of aliphatic carboxylic acids is 1. The molecule has 0 radical (unpaired) electrons. The first-order valence-electron chi connectivity index (χ1n) is 6.77. The largest absolute Gasteiger partial charge is 0.481 e. The maximum atomic E-state index is 10.8. The minimum atomic E-state index is -0.628. The van der Waals surface area contributed by atoms with Crippen molar-refractivity contribution in [2.45, 2.75) is 63.7 Å². The molecule has 2 N–H and O–H groups in total. The Morgan fingerprint density at radius 1 is 1.24 bits per heavy atom. The number of carboxylic acids is 1. The highest BCUT2D eigenvalue weighted by Gasteiger charge is 2.27. The fraction of sp³-hybridized carbons (Fsp3) is 0.923. The molecule has 17 heavy (non-hydrogen) atoms. The van der Waals surface area contributed by atoms with Crippen LogP contribution in [0.3, 0.4) is 0 Å². The highest BCUT2D eigenvalue weighted by Crippen LogP contribution is 2.25. The first-order valence-corrected chi connectivity index (χ1v) is 6.77. The summed E-state index contributed by atoms with van der Waals surface area (Å²) in [6.07, 6.45) is 6.69. The molecule has 1 heterocycles. The lowest BCUT2D eigenvalue weighted by Crippen LogP contribution is -2.39. The Morgan fingerprint density at radius 2 is 1.94 bits per heavy atom.